The second-order valence-electron chi connectivity index (χ2n) is 4.34. The number of benzene rings is 1. The molecular formula is C13H16N2O3S. The Labute approximate surface area is 113 Å². The Morgan fingerprint density at radius 3 is 2.42 bits per heavy atom. The van der Waals surface area contributed by atoms with E-state index in [4.69, 9.17) is 5.26 Å². The summed E-state index contributed by atoms with van der Waals surface area (Å²) < 4.78 is 25.6. The van der Waals surface area contributed by atoms with Crippen LogP contribution in [0.4, 0.5) is 0 Å². The van der Waals surface area contributed by atoms with Gasteiger partial charge in [-0.15, -0.1) is 0 Å². The molecule has 0 aliphatic heterocycles. The molecule has 0 radical (unpaired) electrons. The third kappa shape index (κ3) is 4.72. The van der Waals surface area contributed by atoms with Crippen molar-refractivity contribution >= 4 is 15.9 Å². The van der Waals surface area contributed by atoms with E-state index in [0.29, 0.717) is 17.5 Å². The van der Waals surface area contributed by atoms with Crippen LogP contribution in [0.2, 0.25) is 0 Å². The maximum absolute atomic E-state index is 11.8. The molecule has 5 nitrogen and oxygen atoms in total. The first-order valence-corrected chi connectivity index (χ1v) is 7.56. The molecule has 1 amide bonds. The van der Waals surface area contributed by atoms with Crippen LogP contribution in [0.5, 0.6) is 0 Å². The minimum atomic E-state index is -3.69. The molecule has 1 rings (SSSR count). The van der Waals surface area contributed by atoms with Gasteiger partial charge in [0, 0.05) is 5.92 Å². The van der Waals surface area contributed by atoms with Crippen molar-refractivity contribution in [1.29, 1.82) is 5.26 Å². The first-order valence-electron chi connectivity index (χ1n) is 5.91. The molecule has 0 aliphatic rings. The molecule has 0 aliphatic carbocycles. The summed E-state index contributed by atoms with van der Waals surface area (Å²) in [5, 5.41) is 8.64. The molecule has 0 heterocycles. The summed E-state index contributed by atoms with van der Waals surface area (Å²) in [6.07, 6.45) is 0.582. The summed E-state index contributed by atoms with van der Waals surface area (Å²) in [6, 6.07) is 8.16. The monoisotopic (exact) mass is 280 g/mol. The van der Waals surface area contributed by atoms with Crippen LogP contribution in [0.25, 0.3) is 0 Å². The third-order valence-electron chi connectivity index (χ3n) is 2.76. The molecule has 102 valence electrons. The summed E-state index contributed by atoms with van der Waals surface area (Å²) >= 11 is 0. The van der Waals surface area contributed by atoms with Crippen molar-refractivity contribution in [2.45, 2.75) is 26.0 Å². The molecule has 0 spiro atoms. The van der Waals surface area contributed by atoms with Crippen molar-refractivity contribution in [3.05, 3.63) is 35.4 Å². The molecule has 1 aromatic rings. The summed E-state index contributed by atoms with van der Waals surface area (Å²) in [7, 11) is -3.69. The molecule has 0 aromatic heterocycles. The zero-order chi connectivity index (χ0) is 14.5. The lowest BCUT2D eigenvalue weighted by Crippen LogP contribution is -2.35. The average molecular weight is 280 g/mol. The van der Waals surface area contributed by atoms with Crippen LogP contribution in [0, 0.1) is 17.2 Å². The van der Waals surface area contributed by atoms with E-state index in [0.717, 1.165) is 0 Å². The number of rotatable bonds is 5. The van der Waals surface area contributed by atoms with Crippen molar-refractivity contribution < 1.29 is 13.2 Å². The first kappa shape index (κ1) is 15.2. The minimum absolute atomic E-state index is 0.277. The van der Waals surface area contributed by atoms with E-state index in [1.807, 2.05) is 13.0 Å². The highest BCUT2D eigenvalue weighted by Gasteiger charge is 2.19. The van der Waals surface area contributed by atoms with Crippen molar-refractivity contribution in [1.82, 2.24) is 4.72 Å². The second-order valence-corrected chi connectivity index (χ2v) is 6.07. The van der Waals surface area contributed by atoms with Crippen molar-refractivity contribution in [3.8, 4) is 6.07 Å². The fraction of sp³-hybridized carbons (Fsp3) is 0.385. The molecule has 0 saturated heterocycles. The van der Waals surface area contributed by atoms with Crippen molar-refractivity contribution in [2.24, 2.45) is 5.92 Å². The van der Waals surface area contributed by atoms with Gasteiger partial charge in [0.25, 0.3) is 0 Å². The van der Waals surface area contributed by atoms with E-state index in [9.17, 15) is 13.2 Å². The molecule has 1 atom stereocenters. The Morgan fingerprint density at radius 1 is 1.37 bits per heavy atom. The van der Waals surface area contributed by atoms with Gasteiger partial charge in [-0.25, -0.2) is 8.42 Å². The molecule has 6 heteroatoms. The fourth-order valence-electron chi connectivity index (χ4n) is 1.37. The fourth-order valence-corrected chi connectivity index (χ4v) is 2.58. The number of nitrogens with zero attached hydrogens (tertiary/aromatic N) is 1. The Hall–Kier alpha value is -1.87. The van der Waals surface area contributed by atoms with Gasteiger partial charge in [0.2, 0.25) is 15.9 Å². The topological polar surface area (TPSA) is 87.0 Å². The largest absolute Gasteiger partial charge is 0.274 e. The zero-order valence-corrected chi connectivity index (χ0v) is 11.7. The molecule has 0 fully saturated rings. The number of nitrogens with one attached hydrogen (secondary N) is 1. The number of amides is 1. The van der Waals surface area contributed by atoms with E-state index >= 15 is 0 Å². The summed E-state index contributed by atoms with van der Waals surface area (Å²) in [4.78, 5) is 11.5. The number of carbonyl (C=O) groups is 1. The second kappa shape index (κ2) is 6.34. The van der Waals surface area contributed by atoms with Crippen molar-refractivity contribution in [3.63, 3.8) is 0 Å². The molecular weight excluding hydrogens is 264 g/mol. The van der Waals surface area contributed by atoms with E-state index in [1.165, 1.54) is 0 Å². The third-order valence-corrected chi connectivity index (χ3v) is 3.98. The van der Waals surface area contributed by atoms with Crippen LogP contribution in [-0.4, -0.2) is 14.3 Å². The quantitative estimate of drug-likeness (QED) is 0.886. The lowest BCUT2D eigenvalue weighted by Gasteiger charge is -2.10. The Kier molecular flexibility index (Phi) is 5.07. The van der Waals surface area contributed by atoms with E-state index in [-0.39, 0.29) is 11.7 Å². The lowest BCUT2D eigenvalue weighted by atomic mass is 10.1. The zero-order valence-electron chi connectivity index (χ0n) is 10.9. The Morgan fingerprint density at radius 2 is 1.95 bits per heavy atom. The van der Waals surface area contributed by atoms with Gasteiger partial charge in [-0.1, -0.05) is 26.0 Å². The number of hydrogen-bond acceptors (Lipinski definition) is 4. The number of sulfonamides is 1. The van der Waals surface area contributed by atoms with Crippen LogP contribution in [0.1, 0.15) is 31.4 Å². The maximum atomic E-state index is 11.8. The highest BCUT2D eigenvalue weighted by Crippen LogP contribution is 2.08. The van der Waals surface area contributed by atoms with Crippen LogP contribution < -0.4 is 4.72 Å². The standard InChI is InChI=1S/C13H16N2O3S/c1-3-10(2)13(16)15-19(17,18)9-12-6-4-11(8-14)5-7-12/h4-7,10H,3,9H2,1-2H3,(H,15,16). The summed E-state index contributed by atoms with van der Waals surface area (Å²) in [5.41, 5.74) is 0.994. The van der Waals surface area contributed by atoms with Gasteiger partial charge in [0.1, 0.15) is 0 Å². The molecule has 1 unspecified atom stereocenters. The van der Waals surface area contributed by atoms with Crippen LogP contribution in [0.15, 0.2) is 24.3 Å². The van der Waals surface area contributed by atoms with Gasteiger partial charge in [0.15, 0.2) is 0 Å². The van der Waals surface area contributed by atoms with Crippen LogP contribution in [0.3, 0.4) is 0 Å². The molecule has 19 heavy (non-hydrogen) atoms. The Bertz CT molecular complexity index is 585. The van der Waals surface area contributed by atoms with Gasteiger partial charge in [-0.2, -0.15) is 5.26 Å². The molecule has 1 N–H and O–H groups in total. The highest BCUT2D eigenvalue weighted by molar-refractivity contribution is 7.89. The Balaban J connectivity index is 2.74. The number of hydrogen-bond donors (Lipinski definition) is 1. The SMILES string of the molecule is CCC(C)C(=O)NS(=O)(=O)Cc1ccc(C#N)cc1. The average Bonchev–Trinajstić information content (AvgIpc) is 2.37. The van der Waals surface area contributed by atoms with E-state index in [1.54, 1.807) is 31.2 Å². The highest BCUT2D eigenvalue weighted by atomic mass is 32.2. The molecule has 0 saturated carbocycles. The van der Waals surface area contributed by atoms with Crippen LogP contribution >= 0.6 is 0 Å². The lowest BCUT2D eigenvalue weighted by molar-refractivity contribution is -0.122. The maximum Gasteiger partial charge on any atom is 0.239 e. The summed E-state index contributed by atoms with van der Waals surface area (Å²) in [6.45, 7) is 3.49. The number of carbonyl (C=O) groups excluding carboxylic acids is 1. The van der Waals surface area contributed by atoms with E-state index < -0.39 is 15.9 Å². The number of nitriles is 1. The normalized spacial score (nSPS) is 12.5. The van der Waals surface area contributed by atoms with Gasteiger partial charge >= 0.3 is 0 Å². The molecule has 1 aromatic carbocycles. The first-order chi connectivity index (χ1) is 8.88. The smallest absolute Gasteiger partial charge is 0.239 e. The predicted molar refractivity (Wildman–Crippen MR) is 71.4 cm³/mol. The van der Waals surface area contributed by atoms with Crippen molar-refractivity contribution in [2.75, 3.05) is 0 Å². The van der Waals surface area contributed by atoms with Gasteiger partial charge in [-0.05, 0) is 24.1 Å². The van der Waals surface area contributed by atoms with Gasteiger partial charge in [-0.3, -0.25) is 9.52 Å². The van der Waals surface area contributed by atoms with Crippen LogP contribution in [-0.2, 0) is 20.6 Å². The van der Waals surface area contributed by atoms with E-state index in [2.05, 4.69) is 4.72 Å². The summed E-state index contributed by atoms with van der Waals surface area (Å²) in [5.74, 6) is -1.10. The minimum Gasteiger partial charge on any atom is -0.274 e. The molecule has 0 bridgehead atoms. The van der Waals surface area contributed by atoms with Gasteiger partial charge < -0.3 is 0 Å². The predicted octanol–water partition coefficient (Wildman–Crippen LogP) is 1.55. The van der Waals surface area contributed by atoms with Gasteiger partial charge in [0.05, 0.1) is 17.4 Å².